The number of hydrogen-bond acceptors (Lipinski definition) is 3. The highest BCUT2D eigenvalue weighted by Crippen LogP contribution is 2.41. The second kappa shape index (κ2) is 9.73. The summed E-state index contributed by atoms with van der Waals surface area (Å²) in [7, 11) is 0. The number of halogens is 6. The minimum atomic E-state index is -2.70. The van der Waals surface area contributed by atoms with Gasteiger partial charge in [-0.25, -0.2) is 22.0 Å². The Morgan fingerprint density at radius 3 is 2.49 bits per heavy atom. The number of nitrogens with one attached hydrogen (secondary N) is 1. The average molecular weight is 497 g/mol. The zero-order valence-electron chi connectivity index (χ0n) is 18.8. The minimum absolute atomic E-state index is 0.0125. The molecule has 3 aromatic rings. The molecular weight excluding hydrogens is 472 g/mol. The van der Waals surface area contributed by atoms with E-state index in [-0.39, 0.29) is 37.1 Å². The lowest BCUT2D eigenvalue weighted by molar-refractivity contribution is 0.0661. The van der Waals surface area contributed by atoms with Gasteiger partial charge < -0.3 is 9.72 Å². The summed E-state index contributed by atoms with van der Waals surface area (Å²) in [6, 6.07) is 5.10. The minimum Gasteiger partial charge on any atom is -0.492 e. The molecule has 0 unspecified atom stereocenters. The van der Waals surface area contributed by atoms with Crippen LogP contribution in [-0.2, 0) is 6.42 Å². The van der Waals surface area contributed by atoms with Crippen LogP contribution >= 0.6 is 0 Å². The maximum Gasteiger partial charge on any atom is 0.251 e. The number of H-pyrrole nitrogens is 1. The van der Waals surface area contributed by atoms with E-state index < -0.39 is 36.5 Å². The Morgan fingerprint density at radius 2 is 1.80 bits per heavy atom. The highest BCUT2D eigenvalue weighted by atomic mass is 19.3. The fourth-order valence-electron chi connectivity index (χ4n) is 5.17. The lowest BCUT2D eigenvalue weighted by Crippen LogP contribution is -2.49. The van der Waals surface area contributed by atoms with Gasteiger partial charge in [-0.05, 0) is 30.2 Å². The molecule has 1 atom stereocenters. The van der Waals surface area contributed by atoms with Gasteiger partial charge in [-0.1, -0.05) is 0 Å². The largest absolute Gasteiger partial charge is 0.492 e. The Balaban J connectivity index is 1.44. The van der Waals surface area contributed by atoms with Gasteiger partial charge in [0.05, 0.1) is 19.3 Å². The second-order valence-electron chi connectivity index (χ2n) is 9.17. The van der Waals surface area contributed by atoms with E-state index in [0.29, 0.717) is 48.2 Å². The number of ether oxygens (including phenoxy) is 1. The van der Waals surface area contributed by atoms with Gasteiger partial charge in [0.25, 0.3) is 6.43 Å². The molecule has 2 aromatic carbocycles. The number of nitrogens with zero attached hydrogens (tertiary/aromatic N) is 2. The van der Waals surface area contributed by atoms with E-state index in [2.05, 4.69) is 4.98 Å². The number of rotatable bonds is 8. The molecule has 10 heteroatoms. The van der Waals surface area contributed by atoms with E-state index >= 15 is 8.78 Å². The molecule has 1 N–H and O–H groups in total. The van der Waals surface area contributed by atoms with Gasteiger partial charge in [-0.3, -0.25) is 14.2 Å². The van der Waals surface area contributed by atoms with Gasteiger partial charge in [-0.15, -0.1) is 0 Å². The van der Waals surface area contributed by atoms with Crippen LogP contribution in [0.5, 0.6) is 5.75 Å². The Bertz CT molecular complexity index is 1190. The van der Waals surface area contributed by atoms with Crippen LogP contribution in [0.25, 0.3) is 10.9 Å². The van der Waals surface area contributed by atoms with Crippen molar-refractivity contribution >= 4 is 10.9 Å². The fourth-order valence-corrected chi connectivity index (χ4v) is 5.17. The third kappa shape index (κ3) is 4.73. The molecule has 2 aliphatic heterocycles. The van der Waals surface area contributed by atoms with Gasteiger partial charge >= 0.3 is 0 Å². The van der Waals surface area contributed by atoms with E-state index in [0.717, 1.165) is 12.1 Å². The molecule has 2 aliphatic rings. The highest BCUT2D eigenvalue weighted by molar-refractivity contribution is 5.85. The van der Waals surface area contributed by atoms with Crippen LogP contribution in [0.1, 0.15) is 22.9 Å². The summed E-state index contributed by atoms with van der Waals surface area (Å²) in [4.78, 5) is 6.40. The Kier molecular flexibility index (Phi) is 6.67. The molecule has 5 rings (SSSR count). The molecule has 0 bridgehead atoms. The predicted octanol–water partition coefficient (Wildman–Crippen LogP) is 5.08. The number of benzene rings is 2. The third-order valence-electron chi connectivity index (χ3n) is 6.81. The number of aromatic nitrogens is 1. The molecule has 0 spiro atoms. The second-order valence-corrected chi connectivity index (χ2v) is 9.17. The van der Waals surface area contributed by atoms with Gasteiger partial charge in [0.2, 0.25) is 0 Å². The topological polar surface area (TPSA) is 31.5 Å². The summed E-state index contributed by atoms with van der Waals surface area (Å²) >= 11 is 0. The summed E-state index contributed by atoms with van der Waals surface area (Å²) in [5, 5.41) is 0.573. The molecule has 188 valence electrons. The average Bonchev–Trinajstić information content (AvgIpc) is 3.13. The lowest BCUT2D eigenvalue weighted by atomic mass is 9.91. The van der Waals surface area contributed by atoms with Crippen molar-refractivity contribution in [1.29, 1.82) is 0 Å². The summed E-state index contributed by atoms with van der Waals surface area (Å²) in [5.74, 6) is -2.27. The van der Waals surface area contributed by atoms with Crippen molar-refractivity contribution in [2.45, 2.75) is 18.9 Å². The molecular formula is C25H25F6N3O. The number of fused-ring (bicyclic) bond motifs is 3. The quantitative estimate of drug-likeness (QED) is 0.441. The van der Waals surface area contributed by atoms with Crippen molar-refractivity contribution in [3.05, 3.63) is 64.6 Å². The van der Waals surface area contributed by atoms with Crippen molar-refractivity contribution in [3.8, 4) is 5.75 Å². The van der Waals surface area contributed by atoms with Crippen molar-refractivity contribution in [2.75, 3.05) is 46.0 Å². The Labute approximate surface area is 198 Å². The number of hydrogen-bond donors (Lipinski definition) is 1. The van der Waals surface area contributed by atoms with Gasteiger partial charge in [0.15, 0.2) is 0 Å². The van der Waals surface area contributed by atoms with Crippen LogP contribution in [0.4, 0.5) is 26.3 Å². The molecule has 35 heavy (non-hydrogen) atoms. The number of likely N-dealkylation sites (tertiary alicyclic amines) is 1. The Hall–Kier alpha value is -2.72. The van der Waals surface area contributed by atoms with E-state index in [1.165, 1.54) is 23.1 Å². The van der Waals surface area contributed by atoms with Crippen LogP contribution in [0, 0.1) is 23.4 Å². The van der Waals surface area contributed by atoms with E-state index in [1.54, 1.807) is 0 Å². The smallest absolute Gasteiger partial charge is 0.251 e. The van der Waals surface area contributed by atoms with Crippen LogP contribution in [0.15, 0.2) is 30.3 Å². The lowest BCUT2D eigenvalue weighted by Gasteiger charge is -2.37. The zero-order chi connectivity index (χ0) is 24.7. The monoisotopic (exact) mass is 497 g/mol. The van der Waals surface area contributed by atoms with Gasteiger partial charge in [-0.2, -0.15) is 0 Å². The first-order valence-electron chi connectivity index (χ1n) is 11.6. The first-order valence-corrected chi connectivity index (χ1v) is 11.6. The molecule has 0 saturated carbocycles. The standard InChI is InChI=1S/C25H25F6N3O/c26-10-14-11-33(12-14)5-6-35-16-8-19(28)23(20(29)9-16)25-24-17(3-4-34(25)13-22(30)31)18-7-15(27)1-2-21(18)32-24/h1-2,7-9,14,22,25,32H,3-6,10-13H2/t25-/m0/s1. The predicted molar refractivity (Wildman–Crippen MR) is 119 cm³/mol. The molecule has 1 aromatic heterocycles. The SMILES string of the molecule is FCC1CN(CCOc2cc(F)c([C@H]3c4[nH]c5ccc(F)cc5c4CCN3CC(F)F)c(F)c2)C1. The van der Waals surface area contributed by atoms with Crippen molar-refractivity contribution in [3.63, 3.8) is 0 Å². The number of aromatic amines is 1. The van der Waals surface area contributed by atoms with Crippen molar-refractivity contribution < 1.29 is 31.1 Å². The first kappa shape index (κ1) is 24.0. The zero-order valence-corrected chi connectivity index (χ0v) is 18.8. The van der Waals surface area contributed by atoms with Gasteiger partial charge in [0, 0.05) is 66.4 Å². The molecule has 0 amide bonds. The maximum atomic E-state index is 15.3. The maximum absolute atomic E-state index is 15.3. The van der Waals surface area contributed by atoms with Crippen LogP contribution < -0.4 is 4.74 Å². The molecule has 4 nitrogen and oxygen atoms in total. The van der Waals surface area contributed by atoms with Crippen molar-refractivity contribution in [1.82, 2.24) is 14.8 Å². The van der Waals surface area contributed by atoms with E-state index in [9.17, 15) is 17.6 Å². The first-order chi connectivity index (χ1) is 16.8. The van der Waals surface area contributed by atoms with Crippen LogP contribution in [-0.4, -0.2) is 67.2 Å². The third-order valence-corrected chi connectivity index (χ3v) is 6.81. The van der Waals surface area contributed by atoms with E-state index in [4.69, 9.17) is 4.74 Å². The molecule has 1 saturated heterocycles. The number of alkyl halides is 3. The highest BCUT2D eigenvalue weighted by Gasteiger charge is 2.36. The molecule has 3 heterocycles. The van der Waals surface area contributed by atoms with Crippen LogP contribution in [0.2, 0.25) is 0 Å². The van der Waals surface area contributed by atoms with Crippen LogP contribution in [0.3, 0.4) is 0 Å². The summed E-state index contributed by atoms with van der Waals surface area (Å²) in [5.41, 5.74) is 1.25. The molecule has 0 aliphatic carbocycles. The molecule has 1 fully saturated rings. The molecule has 0 radical (unpaired) electrons. The Morgan fingerprint density at radius 1 is 1.06 bits per heavy atom. The van der Waals surface area contributed by atoms with Crippen molar-refractivity contribution in [2.24, 2.45) is 5.92 Å². The summed E-state index contributed by atoms with van der Waals surface area (Å²) < 4.78 is 89.3. The summed E-state index contributed by atoms with van der Waals surface area (Å²) in [6.07, 6.45) is -2.36. The normalized spacial score (nSPS) is 19.3. The summed E-state index contributed by atoms with van der Waals surface area (Å²) in [6.45, 7) is 1.03. The van der Waals surface area contributed by atoms with Gasteiger partial charge in [0.1, 0.15) is 29.8 Å². The van der Waals surface area contributed by atoms with E-state index in [1.807, 2.05) is 4.90 Å². The fraction of sp³-hybridized carbons (Fsp3) is 0.440.